The SMILES string of the molecule is C=Cc1ccc(C[Si]C(OCC)OCC)cc1. The number of hydrogen-bond donors (Lipinski definition) is 0. The number of hydrogen-bond acceptors (Lipinski definition) is 2. The van der Waals surface area contributed by atoms with E-state index in [0.29, 0.717) is 22.7 Å². The molecule has 0 N–H and O–H groups in total. The van der Waals surface area contributed by atoms with Crippen molar-refractivity contribution in [3.8, 4) is 0 Å². The van der Waals surface area contributed by atoms with Gasteiger partial charge in [0.15, 0.2) is 0 Å². The summed E-state index contributed by atoms with van der Waals surface area (Å²) >= 11 is 0. The van der Waals surface area contributed by atoms with E-state index >= 15 is 0 Å². The van der Waals surface area contributed by atoms with Gasteiger partial charge in [0.05, 0.1) is 0 Å². The molecule has 0 unspecified atom stereocenters. The van der Waals surface area contributed by atoms with E-state index in [2.05, 4.69) is 30.8 Å². The maximum Gasteiger partial charge on any atom is 0.137 e. The van der Waals surface area contributed by atoms with Crippen LogP contribution in [0, 0.1) is 0 Å². The summed E-state index contributed by atoms with van der Waals surface area (Å²) in [6.45, 7) is 9.14. The first-order chi connectivity index (χ1) is 8.30. The van der Waals surface area contributed by atoms with Gasteiger partial charge >= 0.3 is 0 Å². The summed E-state index contributed by atoms with van der Waals surface area (Å²) in [7, 11) is 0.642. The molecule has 0 aliphatic carbocycles. The summed E-state index contributed by atoms with van der Waals surface area (Å²) in [6, 6.07) is 9.45. The summed E-state index contributed by atoms with van der Waals surface area (Å²) in [6.07, 6.45) is 1.86. The van der Waals surface area contributed by atoms with Crippen LogP contribution in [-0.2, 0) is 15.5 Å². The van der Waals surface area contributed by atoms with Crippen LogP contribution in [-0.4, -0.2) is 28.6 Å². The average Bonchev–Trinajstić information content (AvgIpc) is 2.37. The van der Waals surface area contributed by atoms with Crippen molar-refractivity contribution in [1.29, 1.82) is 0 Å². The Labute approximate surface area is 106 Å². The van der Waals surface area contributed by atoms with Crippen LogP contribution in [0.2, 0.25) is 0 Å². The van der Waals surface area contributed by atoms with Crippen molar-refractivity contribution in [2.45, 2.75) is 25.8 Å². The van der Waals surface area contributed by atoms with Gasteiger partial charge in [0.2, 0.25) is 0 Å². The molecule has 17 heavy (non-hydrogen) atoms. The first-order valence-electron chi connectivity index (χ1n) is 5.98. The van der Waals surface area contributed by atoms with Gasteiger partial charge in [-0.3, -0.25) is 0 Å². The first-order valence-corrected chi connectivity index (χ1v) is 7.26. The van der Waals surface area contributed by atoms with Crippen molar-refractivity contribution in [3.05, 3.63) is 42.0 Å². The molecule has 0 atom stereocenters. The zero-order valence-corrected chi connectivity index (χ0v) is 11.6. The Hall–Kier alpha value is -0.903. The lowest BCUT2D eigenvalue weighted by molar-refractivity contribution is -0.0828. The Morgan fingerprint density at radius 3 is 2.24 bits per heavy atom. The molecule has 0 saturated carbocycles. The minimum atomic E-state index is -0.0518. The Bertz CT molecular complexity index is 315. The van der Waals surface area contributed by atoms with Crippen molar-refractivity contribution >= 4 is 15.6 Å². The predicted molar refractivity (Wildman–Crippen MR) is 73.0 cm³/mol. The van der Waals surface area contributed by atoms with Gasteiger partial charge in [0.25, 0.3) is 0 Å². The van der Waals surface area contributed by atoms with E-state index in [0.717, 1.165) is 11.6 Å². The fourth-order valence-electron chi connectivity index (χ4n) is 1.44. The molecule has 0 saturated heterocycles. The molecule has 2 nitrogen and oxygen atoms in total. The molecule has 3 heteroatoms. The average molecular weight is 248 g/mol. The Kier molecular flexibility index (Phi) is 6.85. The van der Waals surface area contributed by atoms with Crippen LogP contribution in [0.5, 0.6) is 0 Å². The quantitative estimate of drug-likeness (QED) is 0.520. The Morgan fingerprint density at radius 2 is 1.76 bits per heavy atom. The van der Waals surface area contributed by atoms with E-state index in [1.165, 1.54) is 5.56 Å². The van der Waals surface area contributed by atoms with Crippen LogP contribution in [0.25, 0.3) is 6.08 Å². The largest absolute Gasteiger partial charge is 0.357 e. The molecular weight excluding hydrogens is 228 g/mol. The molecule has 0 aliphatic rings. The molecule has 0 bridgehead atoms. The summed E-state index contributed by atoms with van der Waals surface area (Å²) in [4.78, 5) is 0. The normalized spacial score (nSPS) is 10.8. The van der Waals surface area contributed by atoms with Gasteiger partial charge in [-0.2, -0.15) is 0 Å². The topological polar surface area (TPSA) is 18.5 Å². The van der Waals surface area contributed by atoms with Crippen LogP contribution in [0.15, 0.2) is 30.8 Å². The van der Waals surface area contributed by atoms with Gasteiger partial charge in [-0.25, -0.2) is 0 Å². The highest BCUT2D eigenvalue weighted by Gasteiger charge is 2.09. The molecule has 0 fully saturated rings. The first kappa shape index (κ1) is 14.2. The van der Waals surface area contributed by atoms with Gasteiger partial charge in [0, 0.05) is 13.2 Å². The van der Waals surface area contributed by atoms with Crippen LogP contribution in [0.1, 0.15) is 25.0 Å². The van der Waals surface area contributed by atoms with E-state index < -0.39 is 0 Å². The molecule has 2 radical (unpaired) electrons. The zero-order valence-electron chi connectivity index (χ0n) is 10.6. The lowest BCUT2D eigenvalue weighted by Crippen LogP contribution is -2.26. The third kappa shape index (κ3) is 5.30. The van der Waals surface area contributed by atoms with Crippen molar-refractivity contribution in [1.82, 2.24) is 0 Å². The molecule has 92 valence electrons. The van der Waals surface area contributed by atoms with Gasteiger partial charge < -0.3 is 9.47 Å². The van der Waals surface area contributed by atoms with Crippen LogP contribution in [0.4, 0.5) is 0 Å². The Morgan fingerprint density at radius 1 is 1.18 bits per heavy atom. The lowest BCUT2D eigenvalue weighted by atomic mass is 10.1. The van der Waals surface area contributed by atoms with E-state index in [1.54, 1.807) is 0 Å². The number of benzene rings is 1. The van der Waals surface area contributed by atoms with Gasteiger partial charge in [-0.05, 0) is 25.5 Å². The molecule has 1 aromatic rings. The van der Waals surface area contributed by atoms with Crippen LogP contribution >= 0.6 is 0 Å². The van der Waals surface area contributed by atoms with E-state index in [1.807, 2.05) is 19.9 Å². The standard InChI is InChI=1S/C14H20O2Si/c1-4-12-7-9-13(10-8-12)11-17-14(15-5-2)16-6-3/h4,7-10,14H,1,5-6,11H2,2-3H3. The monoisotopic (exact) mass is 248 g/mol. The lowest BCUT2D eigenvalue weighted by Gasteiger charge is -2.16. The maximum atomic E-state index is 5.52. The molecule has 1 rings (SSSR count). The molecule has 0 aliphatic heterocycles. The second-order valence-corrected chi connectivity index (χ2v) is 4.80. The zero-order chi connectivity index (χ0) is 12.5. The van der Waals surface area contributed by atoms with Crippen molar-refractivity contribution in [3.63, 3.8) is 0 Å². The highest BCUT2D eigenvalue weighted by molar-refractivity contribution is 6.36. The molecular formula is C14H20O2Si. The van der Waals surface area contributed by atoms with Crippen LogP contribution in [0.3, 0.4) is 0 Å². The second-order valence-electron chi connectivity index (χ2n) is 3.57. The predicted octanol–water partition coefficient (Wildman–Crippen LogP) is 2.89. The summed E-state index contributed by atoms with van der Waals surface area (Å²) in [5, 5.41) is 0. The molecule has 0 heterocycles. The second kappa shape index (κ2) is 8.23. The van der Waals surface area contributed by atoms with E-state index in [9.17, 15) is 0 Å². The smallest absolute Gasteiger partial charge is 0.137 e. The number of ether oxygens (including phenoxy) is 2. The molecule has 0 spiro atoms. The van der Waals surface area contributed by atoms with Crippen LogP contribution < -0.4 is 0 Å². The summed E-state index contributed by atoms with van der Waals surface area (Å²) < 4.78 is 11.0. The van der Waals surface area contributed by atoms with Gasteiger partial charge in [0.1, 0.15) is 15.4 Å². The van der Waals surface area contributed by atoms with Crippen molar-refractivity contribution in [2.24, 2.45) is 0 Å². The maximum absolute atomic E-state index is 5.52. The highest BCUT2D eigenvalue weighted by Crippen LogP contribution is 2.07. The highest BCUT2D eigenvalue weighted by atomic mass is 28.2. The fraction of sp³-hybridized carbons (Fsp3) is 0.429. The third-order valence-corrected chi connectivity index (χ3v) is 3.60. The summed E-state index contributed by atoms with van der Waals surface area (Å²) in [5.41, 5.74) is 2.47. The van der Waals surface area contributed by atoms with E-state index in [4.69, 9.17) is 9.47 Å². The van der Waals surface area contributed by atoms with E-state index in [-0.39, 0.29) is 5.91 Å². The van der Waals surface area contributed by atoms with Gasteiger partial charge in [-0.15, -0.1) is 0 Å². The minimum absolute atomic E-state index is 0.0518. The number of rotatable bonds is 8. The molecule has 0 amide bonds. The molecule has 0 aromatic heterocycles. The van der Waals surface area contributed by atoms with Gasteiger partial charge in [-0.1, -0.05) is 42.5 Å². The van der Waals surface area contributed by atoms with Crippen molar-refractivity contribution in [2.75, 3.05) is 13.2 Å². The molecule has 1 aromatic carbocycles. The minimum Gasteiger partial charge on any atom is -0.357 e. The Balaban J connectivity index is 2.43. The fourth-order valence-corrected chi connectivity index (χ4v) is 2.65. The summed E-state index contributed by atoms with van der Waals surface area (Å²) in [5.74, 6) is -0.0518. The van der Waals surface area contributed by atoms with Crippen molar-refractivity contribution < 1.29 is 9.47 Å². The third-order valence-electron chi connectivity index (χ3n) is 2.32.